The molecule has 2 amide bonds. The van der Waals surface area contributed by atoms with Crippen molar-refractivity contribution in [1.29, 1.82) is 0 Å². The molecule has 24 heavy (non-hydrogen) atoms. The number of urea groups is 1. The number of benzene rings is 1. The van der Waals surface area contributed by atoms with Crippen LogP contribution in [0.25, 0.3) is 11.3 Å². The smallest absolute Gasteiger partial charge is 0.321 e. The molecular weight excluding hydrogens is 313 g/mol. The van der Waals surface area contributed by atoms with E-state index >= 15 is 0 Å². The maximum Gasteiger partial charge on any atom is 0.321 e. The first-order chi connectivity index (χ1) is 11.4. The summed E-state index contributed by atoms with van der Waals surface area (Å²) < 4.78 is 24.6. The zero-order valence-corrected chi connectivity index (χ0v) is 13.4. The van der Waals surface area contributed by atoms with Crippen LogP contribution in [0.2, 0.25) is 0 Å². The molecule has 2 aromatic rings. The molecule has 2 atom stereocenters. The largest absolute Gasteiger partial charge is 0.373 e. The number of carbonyl (C=O) groups excluding carboxylic acids is 1. The number of fused-ring (bicyclic) bond motifs is 1. The summed E-state index contributed by atoms with van der Waals surface area (Å²) in [6.45, 7) is 4.62. The molecule has 1 aliphatic carbocycles. The summed E-state index contributed by atoms with van der Waals surface area (Å²) in [4.78, 5) is 12.3. The summed E-state index contributed by atoms with van der Waals surface area (Å²) in [5, 5.41) is 9.41. The van der Waals surface area contributed by atoms with E-state index in [1.165, 1.54) is 12.1 Å². The van der Waals surface area contributed by atoms with Gasteiger partial charge in [0.25, 0.3) is 0 Å². The van der Waals surface area contributed by atoms with Crippen LogP contribution in [-0.4, -0.2) is 28.9 Å². The molecule has 2 fully saturated rings. The van der Waals surface area contributed by atoms with Gasteiger partial charge in [0, 0.05) is 12.0 Å². The molecule has 1 aromatic carbocycles. The van der Waals surface area contributed by atoms with Crippen LogP contribution in [0.5, 0.6) is 0 Å². The van der Waals surface area contributed by atoms with Crippen LogP contribution in [0.3, 0.4) is 0 Å². The van der Waals surface area contributed by atoms with E-state index in [4.69, 9.17) is 9.26 Å². The van der Waals surface area contributed by atoms with Gasteiger partial charge in [-0.05, 0) is 32.4 Å². The lowest BCUT2D eigenvalue weighted by atomic mass is 9.96. The van der Waals surface area contributed by atoms with E-state index in [1.54, 1.807) is 18.2 Å². The van der Waals surface area contributed by atoms with Gasteiger partial charge in [0.2, 0.25) is 0 Å². The lowest BCUT2D eigenvalue weighted by Gasteiger charge is -2.30. The van der Waals surface area contributed by atoms with E-state index in [0.717, 1.165) is 6.42 Å². The predicted molar refractivity (Wildman–Crippen MR) is 84.9 cm³/mol. The fraction of sp³-hybridized carbons (Fsp3) is 0.412. The van der Waals surface area contributed by atoms with Gasteiger partial charge in [0.05, 0.1) is 23.3 Å². The number of hydrogen-bond acceptors (Lipinski definition) is 4. The van der Waals surface area contributed by atoms with E-state index in [0.29, 0.717) is 18.1 Å². The molecule has 1 saturated carbocycles. The fourth-order valence-electron chi connectivity index (χ4n) is 3.48. The number of carbonyl (C=O) groups is 1. The van der Waals surface area contributed by atoms with Crippen LogP contribution in [0.15, 0.2) is 34.9 Å². The van der Waals surface area contributed by atoms with Crippen LogP contribution in [0, 0.1) is 11.7 Å². The summed E-state index contributed by atoms with van der Waals surface area (Å²) in [7, 11) is 0. The van der Waals surface area contributed by atoms with E-state index in [9.17, 15) is 9.18 Å². The first kappa shape index (κ1) is 15.1. The number of rotatable bonds is 3. The van der Waals surface area contributed by atoms with E-state index in [-0.39, 0.29) is 23.1 Å². The summed E-state index contributed by atoms with van der Waals surface area (Å²) in [5.74, 6) is 0.435. The second kappa shape index (κ2) is 5.04. The van der Waals surface area contributed by atoms with Crippen molar-refractivity contribution in [3.8, 4) is 11.3 Å². The van der Waals surface area contributed by atoms with Crippen molar-refractivity contribution in [1.82, 2.24) is 10.5 Å². The quantitative estimate of drug-likeness (QED) is 0.906. The molecular formula is C17H18FN3O3. The topological polar surface area (TPSA) is 76.4 Å². The normalized spacial score (nSPS) is 26.7. The number of nitrogens with one attached hydrogen (secondary N) is 2. The lowest BCUT2D eigenvalue weighted by Crippen LogP contribution is -2.52. The van der Waals surface area contributed by atoms with Crippen molar-refractivity contribution in [2.75, 3.05) is 11.9 Å². The monoisotopic (exact) mass is 331 g/mol. The summed E-state index contributed by atoms with van der Waals surface area (Å²) in [5.41, 5.74) is -0.420. The Balaban J connectivity index is 1.45. The molecule has 2 aliphatic rings. The minimum absolute atomic E-state index is 0.232. The SMILES string of the molecule is CC1(C)OCC2CC21NC(=O)Nc1cc(-c2ccccc2F)on1. The highest BCUT2D eigenvalue weighted by Crippen LogP contribution is 2.57. The van der Waals surface area contributed by atoms with Gasteiger partial charge in [-0.3, -0.25) is 5.32 Å². The van der Waals surface area contributed by atoms with Crippen LogP contribution in [-0.2, 0) is 4.74 Å². The third-order valence-corrected chi connectivity index (χ3v) is 5.05. The minimum Gasteiger partial charge on any atom is -0.373 e. The Labute approximate surface area is 138 Å². The van der Waals surface area contributed by atoms with Crippen LogP contribution in [0.4, 0.5) is 15.0 Å². The Morgan fingerprint density at radius 2 is 2.17 bits per heavy atom. The number of anilines is 1. The highest BCUT2D eigenvalue weighted by molar-refractivity contribution is 5.89. The molecule has 2 N–H and O–H groups in total. The predicted octanol–water partition coefficient (Wildman–Crippen LogP) is 3.17. The Hall–Kier alpha value is -2.41. The minimum atomic E-state index is -0.408. The average molecular weight is 331 g/mol. The average Bonchev–Trinajstić information content (AvgIpc) is 2.95. The van der Waals surface area contributed by atoms with Gasteiger partial charge in [-0.2, -0.15) is 0 Å². The molecule has 1 aromatic heterocycles. The van der Waals surface area contributed by atoms with Gasteiger partial charge >= 0.3 is 6.03 Å². The van der Waals surface area contributed by atoms with Gasteiger partial charge in [-0.1, -0.05) is 17.3 Å². The first-order valence-corrected chi connectivity index (χ1v) is 7.86. The summed E-state index contributed by atoms with van der Waals surface area (Å²) in [6, 6.07) is 7.35. The second-order valence-corrected chi connectivity index (χ2v) is 6.83. The van der Waals surface area contributed by atoms with Crippen molar-refractivity contribution in [2.24, 2.45) is 5.92 Å². The zero-order chi connectivity index (χ0) is 16.9. The lowest BCUT2D eigenvalue weighted by molar-refractivity contribution is -0.00668. The molecule has 1 saturated heterocycles. The Morgan fingerprint density at radius 1 is 1.38 bits per heavy atom. The molecule has 126 valence electrons. The highest BCUT2D eigenvalue weighted by Gasteiger charge is 2.69. The molecule has 0 spiro atoms. The van der Waals surface area contributed by atoms with Crippen LogP contribution >= 0.6 is 0 Å². The van der Waals surface area contributed by atoms with E-state index in [1.807, 2.05) is 13.8 Å². The number of halogens is 1. The second-order valence-electron chi connectivity index (χ2n) is 6.83. The number of hydrogen-bond donors (Lipinski definition) is 2. The third kappa shape index (κ3) is 2.27. The molecule has 6 nitrogen and oxygen atoms in total. The molecule has 0 bridgehead atoms. The van der Waals surface area contributed by atoms with Crippen molar-refractivity contribution in [2.45, 2.75) is 31.4 Å². The molecule has 1 aliphatic heterocycles. The molecule has 2 heterocycles. The number of aromatic nitrogens is 1. The zero-order valence-electron chi connectivity index (χ0n) is 13.4. The van der Waals surface area contributed by atoms with Gasteiger partial charge < -0.3 is 14.6 Å². The summed E-state index contributed by atoms with van der Waals surface area (Å²) >= 11 is 0. The van der Waals surface area contributed by atoms with Crippen LogP contribution < -0.4 is 10.6 Å². The van der Waals surface area contributed by atoms with Gasteiger partial charge in [-0.25, -0.2) is 9.18 Å². The molecule has 7 heteroatoms. The van der Waals surface area contributed by atoms with Gasteiger partial charge in [0.1, 0.15) is 5.82 Å². The fourth-order valence-corrected chi connectivity index (χ4v) is 3.48. The van der Waals surface area contributed by atoms with Crippen LogP contribution in [0.1, 0.15) is 20.3 Å². The van der Waals surface area contributed by atoms with Crippen molar-refractivity contribution in [3.05, 3.63) is 36.1 Å². The maximum atomic E-state index is 13.8. The standard InChI is InChI=1S/C17H18FN3O3/c1-16(2)17(8-10(17)9-23-16)20-15(22)19-14-7-13(24-21-14)11-5-3-4-6-12(11)18/h3-7,10H,8-9H2,1-2H3,(H2,19,20,21,22). The molecule has 4 rings (SSSR count). The Bertz CT molecular complexity index is 804. The summed E-state index contributed by atoms with van der Waals surface area (Å²) in [6.07, 6.45) is 0.909. The number of amides is 2. The van der Waals surface area contributed by atoms with Crippen molar-refractivity contribution < 1.29 is 18.4 Å². The Morgan fingerprint density at radius 3 is 2.83 bits per heavy atom. The van der Waals surface area contributed by atoms with E-state index in [2.05, 4.69) is 15.8 Å². The highest BCUT2D eigenvalue weighted by atomic mass is 19.1. The van der Waals surface area contributed by atoms with Crippen molar-refractivity contribution >= 4 is 11.8 Å². The van der Waals surface area contributed by atoms with E-state index < -0.39 is 11.4 Å². The third-order valence-electron chi connectivity index (χ3n) is 5.05. The maximum absolute atomic E-state index is 13.8. The number of nitrogens with zero attached hydrogens (tertiary/aromatic N) is 1. The molecule has 2 unspecified atom stereocenters. The molecule has 0 radical (unpaired) electrons. The van der Waals surface area contributed by atoms with Gasteiger partial charge in [-0.15, -0.1) is 0 Å². The number of ether oxygens (including phenoxy) is 1. The first-order valence-electron chi connectivity index (χ1n) is 7.86. The van der Waals surface area contributed by atoms with Gasteiger partial charge in [0.15, 0.2) is 11.6 Å². The Kier molecular flexibility index (Phi) is 3.18. The van der Waals surface area contributed by atoms with Crippen molar-refractivity contribution in [3.63, 3.8) is 0 Å².